The standard InChI is InChI=1S/C13H24N4O/c1-4-14-10-12-11(2)15-16(3)13(12)17-6-5-8-18-9-7-17/h14H,4-10H2,1-3H3. The number of ether oxygens (including phenoxy) is 1. The Bertz CT molecular complexity index is 381. The number of hydrogen-bond acceptors (Lipinski definition) is 4. The van der Waals surface area contributed by atoms with Gasteiger partial charge < -0.3 is 15.0 Å². The molecule has 0 radical (unpaired) electrons. The van der Waals surface area contributed by atoms with Crippen LogP contribution in [-0.2, 0) is 18.3 Å². The Morgan fingerprint density at radius 1 is 1.33 bits per heavy atom. The van der Waals surface area contributed by atoms with Crippen molar-refractivity contribution < 1.29 is 4.74 Å². The molecule has 0 aromatic carbocycles. The Kier molecular flexibility index (Phi) is 4.60. The summed E-state index contributed by atoms with van der Waals surface area (Å²) in [6.07, 6.45) is 1.09. The lowest BCUT2D eigenvalue weighted by atomic mass is 10.2. The third-order valence-electron chi connectivity index (χ3n) is 3.39. The van der Waals surface area contributed by atoms with Crippen LogP contribution >= 0.6 is 0 Å². The van der Waals surface area contributed by atoms with E-state index in [1.807, 2.05) is 11.7 Å². The van der Waals surface area contributed by atoms with Crippen molar-refractivity contribution in [1.82, 2.24) is 15.1 Å². The first-order chi connectivity index (χ1) is 8.74. The Morgan fingerprint density at radius 2 is 2.17 bits per heavy atom. The summed E-state index contributed by atoms with van der Waals surface area (Å²) in [6, 6.07) is 0. The molecule has 1 N–H and O–H groups in total. The molecule has 5 nitrogen and oxygen atoms in total. The van der Waals surface area contributed by atoms with E-state index in [1.165, 1.54) is 11.4 Å². The zero-order chi connectivity index (χ0) is 13.0. The second-order valence-corrected chi connectivity index (χ2v) is 4.74. The van der Waals surface area contributed by atoms with Crippen LogP contribution in [0.4, 0.5) is 5.82 Å². The predicted octanol–water partition coefficient (Wildman–Crippen LogP) is 1.06. The van der Waals surface area contributed by atoms with Crippen LogP contribution in [0.5, 0.6) is 0 Å². The van der Waals surface area contributed by atoms with Gasteiger partial charge in [0.25, 0.3) is 0 Å². The molecule has 1 aliphatic rings. The maximum Gasteiger partial charge on any atom is 0.131 e. The van der Waals surface area contributed by atoms with Crippen LogP contribution in [0.2, 0.25) is 0 Å². The molecule has 1 saturated heterocycles. The van der Waals surface area contributed by atoms with Crippen LogP contribution in [0, 0.1) is 6.92 Å². The van der Waals surface area contributed by atoms with Crippen molar-refractivity contribution in [3.8, 4) is 0 Å². The maximum absolute atomic E-state index is 5.53. The summed E-state index contributed by atoms with van der Waals surface area (Å²) in [5.41, 5.74) is 2.44. The highest BCUT2D eigenvalue weighted by Crippen LogP contribution is 2.24. The fourth-order valence-corrected chi connectivity index (χ4v) is 2.50. The van der Waals surface area contributed by atoms with E-state index >= 15 is 0 Å². The van der Waals surface area contributed by atoms with Gasteiger partial charge in [-0.15, -0.1) is 0 Å². The fraction of sp³-hybridized carbons (Fsp3) is 0.769. The molecule has 0 atom stereocenters. The van der Waals surface area contributed by atoms with Gasteiger partial charge in [-0.2, -0.15) is 5.10 Å². The smallest absolute Gasteiger partial charge is 0.131 e. The largest absolute Gasteiger partial charge is 0.380 e. The summed E-state index contributed by atoms with van der Waals surface area (Å²) in [6.45, 7) is 9.78. The quantitative estimate of drug-likeness (QED) is 0.870. The van der Waals surface area contributed by atoms with E-state index in [1.54, 1.807) is 0 Å². The number of nitrogens with one attached hydrogen (secondary N) is 1. The van der Waals surface area contributed by atoms with Crippen LogP contribution in [0.25, 0.3) is 0 Å². The number of nitrogens with zero attached hydrogens (tertiary/aromatic N) is 3. The minimum atomic E-state index is 0.810. The lowest BCUT2D eigenvalue weighted by Crippen LogP contribution is -2.29. The number of aromatic nitrogens is 2. The van der Waals surface area contributed by atoms with E-state index in [9.17, 15) is 0 Å². The molecule has 0 amide bonds. The van der Waals surface area contributed by atoms with E-state index in [4.69, 9.17) is 4.74 Å². The number of hydrogen-bond donors (Lipinski definition) is 1. The number of aryl methyl sites for hydroxylation is 2. The number of rotatable bonds is 4. The first-order valence-corrected chi connectivity index (χ1v) is 6.80. The molecule has 2 heterocycles. The molecule has 1 aliphatic heterocycles. The molecule has 5 heteroatoms. The van der Waals surface area contributed by atoms with Crippen LogP contribution in [0.15, 0.2) is 0 Å². The number of anilines is 1. The highest BCUT2D eigenvalue weighted by atomic mass is 16.5. The second-order valence-electron chi connectivity index (χ2n) is 4.74. The summed E-state index contributed by atoms with van der Waals surface area (Å²) >= 11 is 0. The van der Waals surface area contributed by atoms with Gasteiger partial charge in [0, 0.05) is 38.9 Å². The third-order valence-corrected chi connectivity index (χ3v) is 3.39. The Hall–Kier alpha value is -1.07. The van der Waals surface area contributed by atoms with Gasteiger partial charge in [0.1, 0.15) is 5.82 Å². The Balaban J connectivity index is 2.23. The first kappa shape index (κ1) is 13.4. The van der Waals surface area contributed by atoms with Gasteiger partial charge in [-0.25, -0.2) is 0 Å². The first-order valence-electron chi connectivity index (χ1n) is 6.80. The van der Waals surface area contributed by atoms with Gasteiger partial charge in [-0.05, 0) is 19.9 Å². The van der Waals surface area contributed by atoms with E-state index < -0.39 is 0 Å². The second kappa shape index (κ2) is 6.20. The van der Waals surface area contributed by atoms with E-state index in [0.29, 0.717) is 0 Å². The van der Waals surface area contributed by atoms with Crippen molar-refractivity contribution in [2.24, 2.45) is 7.05 Å². The minimum Gasteiger partial charge on any atom is -0.380 e. The summed E-state index contributed by atoms with van der Waals surface area (Å²) in [4.78, 5) is 2.40. The molecule has 18 heavy (non-hydrogen) atoms. The van der Waals surface area contributed by atoms with Gasteiger partial charge in [-0.3, -0.25) is 4.68 Å². The van der Waals surface area contributed by atoms with Gasteiger partial charge >= 0.3 is 0 Å². The molecule has 1 aromatic rings. The van der Waals surface area contributed by atoms with Gasteiger partial charge in [-0.1, -0.05) is 6.92 Å². The van der Waals surface area contributed by atoms with Crippen molar-refractivity contribution in [2.75, 3.05) is 37.7 Å². The van der Waals surface area contributed by atoms with E-state index in [-0.39, 0.29) is 0 Å². The topological polar surface area (TPSA) is 42.3 Å². The van der Waals surface area contributed by atoms with Crippen molar-refractivity contribution in [3.63, 3.8) is 0 Å². The molecule has 0 aliphatic carbocycles. The van der Waals surface area contributed by atoms with Crippen molar-refractivity contribution in [1.29, 1.82) is 0 Å². The van der Waals surface area contributed by atoms with Gasteiger partial charge in [0.2, 0.25) is 0 Å². The lowest BCUT2D eigenvalue weighted by molar-refractivity contribution is 0.152. The summed E-state index contributed by atoms with van der Waals surface area (Å²) in [5, 5.41) is 7.97. The monoisotopic (exact) mass is 252 g/mol. The molecule has 1 fully saturated rings. The highest BCUT2D eigenvalue weighted by molar-refractivity contribution is 5.50. The normalized spacial score (nSPS) is 16.9. The summed E-state index contributed by atoms with van der Waals surface area (Å²) in [5.74, 6) is 1.25. The third kappa shape index (κ3) is 2.84. The molecule has 2 rings (SSSR count). The molecule has 0 unspecified atom stereocenters. The zero-order valence-electron chi connectivity index (χ0n) is 11.7. The summed E-state index contributed by atoms with van der Waals surface area (Å²) in [7, 11) is 2.03. The average Bonchev–Trinajstić information content (AvgIpc) is 2.57. The predicted molar refractivity (Wildman–Crippen MR) is 73.0 cm³/mol. The van der Waals surface area contributed by atoms with Crippen LogP contribution in [0.1, 0.15) is 24.6 Å². The van der Waals surface area contributed by atoms with Crippen LogP contribution < -0.4 is 10.2 Å². The van der Waals surface area contributed by atoms with E-state index in [0.717, 1.165) is 51.5 Å². The molecule has 0 spiro atoms. The van der Waals surface area contributed by atoms with Crippen LogP contribution in [0.3, 0.4) is 0 Å². The van der Waals surface area contributed by atoms with Gasteiger partial charge in [0.05, 0.1) is 12.3 Å². The SMILES string of the molecule is CCNCc1c(C)nn(C)c1N1CCCOCC1. The molecule has 1 aromatic heterocycles. The molecule has 0 saturated carbocycles. The van der Waals surface area contributed by atoms with E-state index in [2.05, 4.69) is 29.2 Å². The van der Waals surface area contributed by atoms with Gasteiger partial charge in [0.15, 0.2) is 0 Å². The molecular formula is C13H24N4O. The van der Waals surface area contributed by atoms with Crippen LogP contribution in [-0.4, -0.2) is 42.6 Å². The average molecular weight is 252 g/mol. The Morgan fingerprint density at radius 3 is 2.94 bits per heavy atom. The van der Waals surface area contributed by atoms with Crippen molar-refractivity contribution in [3.05, 3.63) is 11.3 Å². The molecule has 102 valence electrons. The molecular weight excluding hydrogens is 228 g/mol. The van der Waals surface area contributed by atoms with Crippen molar-refractivity contribution >= 4 is 5.82 Å². The van der Waals surface area contributed by atoms with Crippen molar-refractivity contribution in [2.45, 2.75) is 26.8 Å². The zero-order valence-corrected chi connectivity index (χ0v) is 11.7. The highest BCUT2D eigenvalue weighted by Gasteiger charge is 2.20. The summed E-state index contributed by atoms with van der Waals surface area (Å²) < 4.78 is 7.53. The minimum absolute atomic E-state index is 0.810. The lowest BCUT2D eigenvalue weighted by Gasteiger charge is -2.23. The maximum atomic E-state index is 5.53. The Labute approximate surface area is 109 Å². The molecule has 0 bridgehead atoms. The fourth-order valence-electron chi connectivity index (χ4n) is 2.50.